The molecular weight excluding hydrogens is 456 g/mol. The Balaban J connectivity index is 1.80. The molecule has 5 rings (SSSR count). The molecule has 1 atom stereocenters. The van der Waals surface area contributed by atoms with E-state index in [1.54, 1.807) is 18.6 Å². The van der Waals surface area contributed by atoms with Crippen molar-refractivity contribution in [2.24, 2.45) is 4.99 Å². The molecule has 0 amide bonds. The van der Waals surface area contributed by atoms with Crippen LogP contribution in [0, 0.1) is 0 Å². The van der Waals surface area contributed by atoms with Gasteiger partial charge in [-0.3, -0.25) is 9.36 Å². The van der Waals surface area contributed by atoms with Crippen LogP contribution in [0.2, 0.25) is 0 Å². The zero-order chi connectivity index (χ0) is 23.1. The van der Waals surface area contributed by atoms with Crippen LogP contribution < -0.4 is 19.6 Å². The summed E-state index contributed by atoms with van der Waals surface area (Å²) in [5.74, 6) is 0.195. The lowest BCUT2D eigenvalue weighted by Crippen LogP contribution is -2.39. The minimum absolute atomic E-state index is 0.207. The fraction of sp³-hybridized carbons (Fsp3) is 0.160. The van der Waals surface area contributed by atoms with Crippen molar-refractivity contribution < 1.29 is 14.3 Å². The van der Waals surface area contributed by atoms with E-state index >= 15 is 0 Å². The number of thiazole rings is 1. The summed E-state index contributed by atoms with van der Waals surface area (Å²) >= 11 is 2.79. The monoisotopic (exact) mass is 476 g/mol. The van der Waals surface area contributed by atoms with Gasteiger partial charge in [0.2, 0.25) is 0 Å². The number of aromatic nitrogens is 1. The molecule has 0 unspecified atom stereocenters. The van der Waals surface area contributed by atoms with E-state index in [2.05, 4.69) is 4.99 Å². The molecule has 166 valence electrons. The Labute approximate surface area is 197 Å². The SMILES string of the molecule is COC(=O)C1=C(C)N=c2s/c(=C\c3c(OC)ccc4ccccc34)c(=O)n2[C@H]1c1cccs1. The molecule has 8 heteroatoms. The van der Waals surface area contributed by atoms with Gasteiger partial charge in [-0.15, -0.1) is 11.3 Å². The van der Waals surface area contributed by atoms with E-state index in [1.807, 2.05) is 60.0 Å². The van der Waals surface area contributed by atoms with E-state index in [9.17, 15) is 9.59 Å². The first-order valence-corrected chi connectivity index (χ1v) is 11.9. The number of carbonyl (C=O) groups is 1. The molecule has 33 heavy (non-hydrogen) atoms. The maximum atomic E-state index is 13.7. The molecular formula is C25H20N2O4S2. The predicted molar refractivity (Wildman–Crippen MR) is 131 cm³/mol. The molecule has 0 spiro atoms. The summed E-state index contributed by atoms with van der Waals surface area (Å²) in [6.07, 6.45) is 1.85. The van der Waals surface area contributed by atoms with Crippen molar-refractivity contribution in [3.63, 3.8) is 0 Å². The van der Waals surface area contributed by atoms with Gasteiger partial charge < -0.3 is 9.47 Å². The molecule has 0 aliphatic carbocycles. The second-order valence-corrected chi connectivity index (χ2v) is 9.48. The standard InChI is InChI=1S/C25H20N2O4S2/c1-14-21(24(29)31-3)22(19-9-6-12-32-19)27-23(28)20(33-25(27)26-14)13-17-16-8-5-4-7-15(16)10-11-18(17)30-2/h4-13,22H,1-3H3/b20-13-/t22-/m0/s1. The van der Waals surface area contributed by atoms with Gasteiger partial charge >= 0.3 is 5.97 Å². The van der Waals surface area contributed by atoms with Crippen molar-refractivity contribution in [2.75, 3.05) is 14.2 Å². The number of fused-ring (bicyclic) bond motifs is 2. The normalized spacial score (nSPS) is 16.0. The quantitative estimate of drug-likeness (QED) is 0.422. The topological polar surface area (TPSA) is 69.9 Å². The molecule has 0 bridgehead atoms. The molecule has 4 aromatic rings. The number of carbonyl (C=O) groups excluding carboxylic acids is 1. The number of ether oxygens (including phenoxy) is 2. The average molecular weight is 477 g/mol. The predicted octanol–water partition coefficient (Wildman–Crippen LogP) is 3.63. The van der Waals surface area contributed by atoms with E-state index in [1.165, 1.54) is 29.8 Å². The maximum absolute atomic E-state index is 13.7. The Morgan fingerprint density at radius 2 is 1.94 bits per heavy atom. The van der Waals surface area contributed by atoms with Crippen molar-refractivity contribution >= 4 is 45.5 Å². The number of rotatable bonds is 4. The van der Waals surface area contributed by atoms with Gasteiger partial charge in [-0.2, -0.15) is 0 Å². The number of hydrogen-bond donors (Lipinski definition) is 0. The highest BCUT2D eigenvalue weighted by Crippen LogP contribution is 2.33. The van der Waals surface area contributed by atoms with Crippen molar-refractivity contribution in [3.8, 4) is 5.75 Å². The van der Waals surface area contributed by atoms with E-state index in [0.29, 0.717) is 26.4 Å². The molecule has 6 nitrogen and oxygen atoms in total. The molecule has 2 aromatic carbocycles. The largest absolute Gasteiger partial charge is 0.496 e. The third kappa shape index (κ3) is 3.51. The molecule has 0 saturated heterocycles. The van der Waals surface area contributed by atoms with Gasteiger partial charge in [-0.05, 0) is 41.3 Å². The molecule has 3 heterocycles. The lowest BCUT2D eigenvalue weighted by molar-refractivity contribution is -0.136. The Morgan fingerprint density at radius 3 is 2.67 bits per heavy atom. The number of hydrogen-bond acceptors (Lipinski definition) is 7. The van der Waals surface area contributed by atoms with Crippen LogP contribution in [0.3, 0.4) is 0 Å². The number of esters is 1. The van der Waals surface area contributed by atoms with Crippen LogP contribution in [0.25, 0.3) is 16.8 Å². The van der Waals surface area contributed by atoms with E-state index in [0.717, 1.165) is 21.2 Å². The van der Waals surface area contributed by atoms with Crippen LogP contribution in [0.5, 0.6) is 5.75 Å². The van der Waals surface area contributed by atoms with Crippen LogP contribution >= 0.6 is 22.7 Å². The van der Waals surface area contributed by atoms with Gasteiger partial charge in [0.15, 0.2) is 4.80 Å². The van der Waals surface area contributed by atoms with Crippen molar-refractivity contribution in [1.29, 1.82) is 0 Å². The lowest BCUT2D eigenvalue weighted by atomic mass is 10.0. The lowest BCUT2D eigenvalue weighted by Gasteiger charge is -2.22. The summed E-state index contributed by atoms with van der Waals surface area (Å²) in [7, 11) is 2.96. The highest BCUT2D eigenvalue weighted by Gasteiger charge is 2.33. The summed E-state index contributed by atoms with van der Waals surface area (Å²) in [4.78, 5) is 32.4. The summed E-state index contributed by atoms with van der Waals surface area (Å²) < 4.78 is 12.8. The van der Waals surface area contributed by atoms with Crippen molar-refractivity contribution in [1.82, 2.24) is 4.57 Å². The first-order chi connectivity index (χ1) is 16.0. The second kappa shape index (κ2) is 8.46. The Morgan fingerprint density at radius 1 is 1.12 bits per heavy atom. The van der Waals surface area contributed by atoms with E-state index < -0.39 is 12.0 Å². The van der Waals surface area contributed by atoms with Crippen LogP contribution in [-0.2, 0) is 9.53 Å². The molecule has 0 saturated carbocycles. The highest BCUT2D eigenvalue weighted by atomic mass is 32.1. The van der Waals surface area contributed by atoms with Crippen molar-refractivity contribution in [2.45, 2.75) is 13.0 Å². The van der Waals surface area contributed by atoms with Gasteiger partial charge in [-0.25, -0.2) is 9.79 Å². The molecule has 1 aliphatic heterocycles. The van der Waals surface area contributed by atoms with Crippen molar-refractivity contribution in [3.05, 3.63) is 95.3 Å². The van der Waals surface area contributed by atoms with Crippen LogP contribution in [0.15, 0.2) is 75.0 Å². The van der Waals surface area contributed by atoms with Gasteiger partial charge in [0.1, 0.15) is 11.8 Å². The number of benzene rings is 2. The van der Waals surface area contributed by atoms with Gasteiger partial charge in [0, 0.05) is 10.4 Å². The summed E-state index contributed by atoms with van der Waals surface area (Å²) in [6.45, 7) is 1.78. The number of thiophene rings is 1. The fourth-order valence-electron chi connectivity index (χ4n) is 4.14. The summed E-state index contributed by atoms with van der Waals surface area (Å²) in [6, 6.07) is 15.1. The van der Waals surface area contributed by atoms with Crippen LogP contribution in [0.4, 0.5) is 0 Å². The zero-order valence-corrected chi connectivity index (χ0v) is 19.8. The maximum Gasteiger partial charge on any atom is 0.338 e. The third-order valence-electron chi connectivity index (χ3n) is 5.67. The minimum atomic E-state index is -0.578. The minimum Gasteiger partial charge on any atom is -0.496 e. The van der Waals surface area contributed by atoms with Gasteiger partial charge in [0.05, 0.1) is 30.0 Å². The van der Waals surface area contributed by atoms with Gasteiger partial charge in [0.25, 0.3) is 5.56 Å². The zero-order valence-electron chi connectivity index (χ0n) is 18.2. The summed E-state index contributed by atoms with van der Waals surface area (Å²) in [5, 5.41) is 3.97. The van der Waals surface area contributed by atoms with E-state index in [-0.39, 0.29) is 5.56 Å². The second-order valence-electron chi connectivity index (χ2n) is 7.49. The fourth-order valence-corrected chi connectivity index (χ4v) is 5.99. The first-order valence-electron chi connectivity index (χ1n) is 10.2. The number of nitrogens with zero attached hydrogens (tertiary/aromatic N) is 2. The Bertz CT molecular complexity index is 1590. The third-order valence-corrected chi connectivity index (χ3v) is 7.57. The van der Waals surface area contributed by atoms with Crippen LogP contribution in [0.1, 0.15) is 23.4 Å². The number of methoxy groups -OCH3 is 2. The van der Waals surface area contributed by atoms with Crippen LogP contribution in [-0.4, -0.2) is 24.8 Å². The molecule has 0 radical (unpaired) electrons. The number of allylic oxidation sites excluding steroid dienone is 1. The average Bonchev–Trinajstić information content (AvgIpc) is 3.46. The molecule has 2 aromatic heterocycles. The first kappa shape index (κ1) is 21.4. The summed E-state index contributed by atoms with van der Waals surface area (Å²) in [5.41, 5.74) is 1.55. The highest BCUT2D eigenvalue weighted by molar-refractivity contribution is 7.10. The molecule has 0 fully saturated rings. The Kier molecular flexibility index (Phi) is 5.47. The molecule has 0 N–H and O–H groups in total. The Hall–Kier alpha value is -3.49. The van der Waals surface area contributed by atoms with Gasteiger partial charge in [-0.1, -0.05) is 47.7 Å². The smallest absolute Gasteiger partial charge is 0.338 e. The molecule has 1 aliphatic rings. The van der Waals surface area contributed by atoms with E-state index in [4.69, 9.17) is 9.47 Å².